The molecule has 0 aliphatic carbocycles. The van der Waals surface area contributed by atoms with Crippen LogP contribution in [0.15, 0.2) is 17.5 Å². The number of carboxylic acids is 1. The van der Waals surface area contributed by atoms with Gasteiger partial charge in [-0.25, -0.2) is 0 Å². The van der Waals surface area contributed by atoms with Gasteiger partial charge in [0.15, 0.2) is 0 Å². The predicted octanol–water partition coefficient (Wildman–Crippen LogP) is 2.61. The molecule has 25 heavy (non-hydrogen) atoms. The summed E-state index contributed by atoms with van der Waals surface area (Å²) in [4.78, 5) is 38.4. The van der Waals surface area contributed by atoms with Gasteiger partial charge in [0.05, 0.1) is 4.88 Å². The summed E-state index contributed by atoms with van der Waals surface area (Å²) in [7, 11) is 0. The van der Waals surface area contributed by atoms with Crippen LogP contribution in [-0.4, -0.2) is 46.9 Å². The van der Waals surface area contributed by atoms with E-state index in [2.05, 4.69) is 5.32 Å². The van der Waals surface area contributed by atoms with Gasteiger partial charge in [0, 0.05) is 19.5 Å². The summed E-state index contributed by atoms with van der Waals surface area (Å²) in [6.07, 6.45) is 2.55. The van der Waals surface area contributed by atoms with Crippen LogP contribution < -0.4 is 5.32 Å². The van der Waals surface area contributed by atoms with Crippen molar-refractivity contribution in [2.24, 2.45) is 11.8 Å². The average molecular weight is 366 g/mol. The van der Waals surface area contributed by atoms with Gasteiger partial charge in [-0.15, -0.1) is 11.3 Å². The van der Waals surface area contributed by atoms with Crippen molar-refractivity contribution in [1.29, 1.82) is 0 Å². The minimum absolute atomic E-state index is 0.0178. The van der Waals surface area contributed by atoms with E-state index >= 15 is 0 Å². The Kier molecular flexibility index (Phi) is 6.99. The molecule has 138 valence electrons. The van der Waals surface area contributed by atoms with Gasteiger partial charge >= 0.3 is 5.97 Å². The normalized spacial score (nSPS) is 18.8. The molecule has 0 radical (unpaired) electrons. The second kappa shape index (κ2) is 8.99. The van der Waals surface area contributed by atoms with Gasteiger partial charge in [-0.1, -0.05) is 19.9 Å². The maximum Gasteiger partial charge on any atom is 0.303 e. The van der Waals surface area contributed by atoms with E-state index in [0.717, 1.165) is 12.8 Å². The molecule has 0 bridgehead atoms. The number of likely N-dealkylation sites (tertiary alicyclic amines) is 1. The van der Waals surface area contributed by atoms with Crippen LogP contribution in [0.5, 0.6) is 0 Å². The molecule has 1 aromatic rings. The topological polar surface area (TPSA) is 86.7 Å². The molecule has 7 heteroatoms. The first-order valence-corrected chi connectivity index (χ1v) is 9.61. The lowest BCUT2D eigenvalue weighted by atomic mass is 9.92. The highest BCUT2D eigenvalue weighted by atomic mass is 32.1. The van der Waals surface area contributed by atoms with Crippen molar-refractivity contribution in [3.8, 4) is 0 Å². The minimum Gasteiger partial charge on any atom is -0.481 e. The third-order valence-corrected chi connectivity index (χ3v) is 5.43. The van der Waals surface area contributed by atoms with E-state index in [1.165, 1.54) is 11.3 Å². The summed E-state index contributed by atoms with van der Waals surface area (Å²) >= 11 is 1.35. The fourth-order valence-corrected chi connectivity index (χ4v) is 3.79. The largest absolute Gasteiger partial charge is 0.481 e. The van der Waals surface area contributed by atoms with Crippen molar-refractivity contribution < 1.29 is 19.5 Å². The summed E-state index contributed by atoms with van der Waals surface area (Å²) in [5.41, 5.74) is 0. The monoisotopic (exact) mass is 366 g/mol. The molecule has 1 aliphatic rings. The van der Waals surface area contributed by atoms with Crippen molar-refractivity contribution in [2.45, 2.75) is 45.6 Å². The Hall–Kier alpha value is -1.89. The number of nitrogens with one attached hydrogen (secondary N) is 1. The van der Waals surface area contributed by atoms with Crippen LogP contribution in [0.25, 0.3) is 0 Å². The SMILES string of the molecule is CC(C)C(NC(=O)c1cccs1)C(=O)N1CCCC(CCC(=O)O)C1. The molecule has 0 aromatic carbocycles. The molecule has 0 spiro atoms. The van der Waals surface area contributed by atoms with Crippen LogP contribution >= 0.6 is 11.3 Å². The third-order valence-electron chi connectivity index (χ3n) is 4.56. The van der Waals surface area contributed by atoms with E-state index in [1.807, 2.05) is 25.3 Å². The van der Waals surface area contributed by atoms with Crippen molar-refractivity contribution in [3.05, 3.63) is 22.4 Å². The molecule has 2 heterocycles. The third kappa shape index (κ3) is 5.56. The Labute approximate surface area is 152 Å². The second-order valence-electron chi connectivity index (χ2n) is 6.90. The van der Waals surface area contributed by atoms with Gasteiger partial charge in [0.25, 0.3) is 5.91 Å². The summed E-state index contributed by atoms with van der Waals surface area (Å²) in [5, 5.41) is 13.5. The smallest absolute Gasteiger partial charge is 0.303 e. The van der Waals surface area contributed by atoms with Crippen molar-refractivity contribution in [1.82, 2.24) is 10.2 Å². The molecule has 1 saturated heterocycles. The lowest BCUT2D eigenvalue weighted by molar-refractivity contribution is -0.137. The molecule has 1 fully saturated rings. The first-order valence-electron chi connectivity index (χ1n) is 8.73. The van der Waals surface area contributed by atoms with Crippen LogP contribution in [-0.2, 0) is 9.59 Å². The van der Waals surface area contributed by atoms with Gasteiger partial charge in [0.1, 0.15) is 6.04 Å². The zero-order valence-electron chi connectivity index (χ0n) is 14.7. The molecule has 2 N–H and O–H groups in total. The molecule has 1 aromatic heterocycles. The van der Waals surface area contributed by atoms with Crippen molar-refractivity contribution >= 4 is 29.1 Å². The van der Waals surface area contributed by atoms with E-state index in [4.69, 9.17) is 5.11 Å². The Bertz CT molecular complexity index is 600. The molecule has 1 aliphatic heterocycles. The fraction of sp³-hybridized carbons (Fsp3) is 0.611. The van der Waals surface area contributed by atoms with Crippen LogP contribution in [0.4, 0.5) is 0 Å². The fourth-order valence-electron chi connectivity index (χ4n) is 3.16. The van der Waals surface area contributed by atoms with Crippen molar-refractivity contribution in [3.63, 3.8) is 0 Å². The number of rotatable bonds is 7. The summed E-state index contributed by atoms with van der Waals surface area (Å²) in [6, 6.07) is 2.99. The Morgan fingerprint density at radius 2 is 2.16 bits per heavy atom. The molecular weight excluding hydrogens is 340 g/mol. The average Bonchev–Trinajstić information content (AvgIpc) is 3.11. The molecule has 2 unspecified atom stereocenters. The predicted molar refractivity (Wildman–Crippen MR) is 96.6 cm³/mol. The van der Waals surface area contributed by atoms with Crippen LogP contribution in [0.1, 0.15) is 49.2 Å². The van der Waals surface area contributed by atoms with Gasteiger partial charge in [-0.3, -0.25) is 14.4 Å². The highest BCUT2D eigenvalue weighted by molar-refractivity contribution is 7.12. The number of aliphatic carboxylic acids is 1. The van der Waals surface area contributed by atoms with Gasteiger partial charge in [0.2, 0.25) is 5.91 Å². The summed E-state index contributed by atoms with van der Waals surface area (Å²) in [5.74, 6) is -0.890. The first kappa shape index (κ1) is 19.4. The number of amides is 2. The van der Waals surface area contributed by atoms with E-state index in [1.54, 1.807) is 11.0 Å². The summed E-state index contributed by atoms with van der Waals surface area (Å²) < 4.78 is 0. The van der Waals surface area contributed by atoms with E-state index in [-0.39, 0.29) is 30.1 Å². The van der Waals surface area contributed by atoms with E-state index in [0.29, 0.717) is 24.4 Å². The maximum absolute atomic E-state index is 12.9. The van der Waals surface area contributed by atoms with Crippen LogP contribution in [0.2, 0.25) is 0 Å². The van der Waals surface area contributed by atoms with E-state index < -0.39 is 12.0 Å². The number of piperidine rings is 1. The Morgan fingerprint density at radius 1 is 1.40 bits per heavy atom. The molecule has 0 saturated carbocycles. The number of carbonyl (C=O) groups excluding carboxylic acids is 2. The first-order chi connectivity index (χ1) is 11.9. The minimum atomic E-state index is -0.799. The van der Waals surface area contributed by atoms with Crippen molar-refractivity contribution in [2.75, 3.05) is 13.1 Å². The van der Waals surface area contributed by atoms with Crippen LogP contribution in [0, 0.1) is 11.8 Å². The quantitative estimate of drug-likeness (QED) is 0.776. The molecule has 6 nitrogen and oxygen atoms in total. The zero-order chi connectivity index (χ0) is 18.4. The highest BCUT2D eigenvalue weighted by Gasteiger charge is 2.32. The van der Waals surface area contributed by atoms with Gasteiger partial charge in [-0.05, 0) is 42.5 Å². The Balaban J connectivity index is 1.98. The number of hydrogen-bond donors (Lipinski definition) is 2. The van der Waals surface area contributed by atoms with E-state index in [9.17, 15) is 14.4 Å². The molecular formula is C18H26N2O4S. The maximum atomic E-state index is 12.9. The van der Waals surface area contributed by atoms with Gasteiger partial charge in [-0.2, -0.15) is 0 Å². The number of hydrogen-bond acceptors (Lipinski definition) is 4. The highest BCUT2D eigenvalue weighted by Crippen LogP contribution is 2.22. The lowest BCUT2D eigenvalue weighted by Gasteiger charge is -2.36. The molecule has 2 rings (SSSR count). The second-order valence-corrected chi connectivity index (χ2v) is 7.85. The standard InChI is InChI=1S/C18H26N2O4S/c1-12(2)16(19-17(23)14-6-4-10-25-14)18(24)20-9-3-5-13(11-20)7-8-15(21)22/h4,6,10,12-13,16H,3,5,7-9,11H2,1-2H3,(H,19,23)(H,21,22). The van der Waals surface area contributed by atoms with Crippen LogP contribution in [0.3, 0.4) is 0 Å². The lowest BCUT2D eigenvalue weighted by Crippen LogP contribution is -2.53. The Morgan fingerprint density at radius 3 is 2.76 bits per heavy atom. The molecule has 2 atom stereocenters. The summed E-state index contributed by atoms with van der Waals surface area (Å²) in [6.45, 7) is 5.08. The number of thiophene rings is 1. The number of nitrogens with zero attached hydrogens (tertiary/aromatic N) is 1. The number of carbonyl (C=O) groups is 3. The molecule has 2 amide bonds. The number of carboxylic acid groups (broad SMARTS) is 1. The zero-order valence-corrected chi connectivity index (χ0v) is 15.6. The van der Waals surface area contributed by atoms with Gasteiger partial charge < -0.3 is 15.3 Å².